The van der Waals surface area contributed by atoms with Crippen LogP contribution in [0.1, 0.15) is 12.8 Å². The van der Waals surface area contributed by atoms with Gasteiger partial charge >= 0.3 is 12.1 Å². The molecule has 1 amide bonds. The number of carbonyl (C=O) groups is 1. The van der Waals surface area contributed by atoms with Crippen LogP contribution in [0.4, 0.5) is 19.1 Å². The second-order valence-electron chi connectivity index (χ2n) is 4.68. The predicted molar refractivity (Wildman–Crippen MR) is 75.3 cm³/mol. The van der Waals surface area contributed by atoms with Crippen LogP contribution in [0.15, 0.2) is 24.3 Å². The first-order valence-corrected chi connectivity index (χ1v) is 6.83. The first kappa shape index (κ1) is 16.7. The highest BCUT2D eigenvalue weighted by atomic mass is 19.4. The van der Waals surface area contributed by atoms with Crippen LogP contribution in [-0.2, 0) is 4.79 Å². The Morgan fingerprint density at radius 2 is 1.91 bits per heavy atom. The van der Waals surface area contributed by atoms with Gasteiger partial charge in [-0.1, -0.05) is 12.1 Å². The van der Waals surface area contributed by atoms with Gasteiger partial charge < -0.3 is 15.8 Å². The van der Waals surface area contributed by atoms with Gasteiger partial charge in [-0.2, -0.15) is 13.2 Å². The normalized spacial score (nSPS) is 11.4. The van der Waals surface area contributed by atoms with Gasteiger partial charge in [0, 0.05) is 19.2 Å². The van der Waals surface area contributed by atoms with Crippen molar-refractivity contribution in [3.05, 3.63) is 29.5 Å². The molecule has 2 N–H and O–H groups in total. The number of benzene rings is 1. The molecule has 23 heavy (non-hydrogen) atoms. The molecule has 0 aliphatic heterocycles. The first-order valence-electron chi connectivity index (χ1n) is 6.83. The lowest BCUT2D eigenvalue weighted by Crippen LogP contribution is -2.37. The molecule has 1 aromatic heterocycles. The Labute approximate surface area is 129 Å². The Bertz CT molecular complexity index is 693. The van der Waals surface area contributed by atoms with Crippen LogP contribution < -0.4 is 15.5 Å². The number of carbonyl (C=O) groups excluding carboxylic acids is 1. The molecule has 1 aromatic carbocycles. The van der Waals surface area contributed by atoms with Crippen molar-refractivity contribution in [3.8, 4) is 0 Å². The van der Waals surface area contributed by atoms with E-state index in [2.05, 4.69) is 15.4 Å². The van der Waals surface area contributed by atoms with Crippen LogP contribution in [0.2, 0.25) is 0 Å². The third kappa shape index (κ3) is 4.66. The maximum Gasteiger partial charge on any atom is 0.471 e. The second kappa shape index (κ2) is 7.07. The van der Waals surface area contributed by atoms with E-state index in [1.165, 1.54) is 0 Å². The van der Waals surface area contributed by atoms with Crippen molar-refractivity contribution in [3.63, 3.8) is 0 Å². The minimum Gasteiger partial charge on any atom is -0.594 e. The van der Waals surface area contributed by atoms with Gasteiger partial charge in [0.1, 0.15) is 5.52 Å². The van der Waals surface area contributed by atoms with Crippen LogP contribution in [0, 0.1) is 5.21 Å². The molecule has 2 rings (SSSR count). The monoisotopic (exact) mass is 329 g/mol. The van der Waals surface area contributed by atoms with Gasteiger partial charge in [0.15, 0.2) is 0 Å². The predicted octanol–water partition coefficient (Wildman–Crippen LogP) is 1.13. The molecule has 124 valence electrons. The third-order valence-corrected chi connectivity index (χ3v) is 2.93. The summed E-state index contributed by atoms with van der Waals surface area (Å²) < 4.78 is 35.8. The van der Waals surface area contributed by atoms with Gasteiger partial charge in [0.2, 0.25) is 0 Å². The number of nitrogens with zero attached hydrogens (tertiary/aromatic N) is 3. The number of amides is 1. The summed E-state index contributed by atoms with van der Waals surface area (Å²) in [6.07, 6.45) is -4.04. The molecule has 0 atom stereocenters. The number of halogens is 3. The quantitative estimate of drug-likeness (QED) is 0.471. The molecule has 10 heteroatoms. The van der Waals surface area contributed by atoms with Gasteiger partial charge in [-0.15, -0.1) is 0 Å². The van der Waals surface area contributed by atoms with Crippen molar-refractivity contribution in [1.82, 2.24) is 15.4 Å². The fraction of sp³-hybridized carbons (Fsp3) is 0.385. The van der Waals surface area contributed by atoms with Crippen LogP contribution in [-0.4, -0.2) is 35.3 Å². The van der Waals surface area contributed by atoms with E-state index in [1.54, 1.807) is 29.6 Å². The number of unbranched alkanes of at least 4 members (excludes halogenated alkanes) is 1. The number of fused-ring (bicyclic) bond motifs is 1. The number of para-hydroxylation sites is 2. The Hall–Kier alpha value is -2.65. The van der Waals surface area contributed by atoms with Crippen molar-refractivity contribution in [2.75, 3.05) is 18.4 Å². The van der Waals surface area contributed by atoms with E-state index < -0.39 is 12.1 Å². The molecule has 0 saturated heterocycles. The van der Waals surface area contributed by atoms with Crippen LogP contribution in [0.5, 0.6) is 0 Å². The zero-order valence-electron chi connectivity index (χ0n) is 11.9. The fourth-order valence-corrected chi connectivity index (χ4v) is 1.82. The lowest BCUT2D eigenvalue weighted by molar-refractivity contribution is -0.641. The summed E-state index contributed by atoms with van der Waals surface area (Å²) in [5.41, 5.74) is 0.824. The summed E-state index contributed by atoms with van der Waals surface area (Å²) in [7, 11) is 0. The van der Waals surface area contributed by atoms with Crippen LogP contribution in [0.25, 0.3) is 11.0 Å². The van der Waals surface area contributed by atoms with E-state index in [1.807, 2.05) is 0 Å². The number of rotatable bonds is 6. The molecule has 0 fully saturated rings. The molecule has 1 heterocycles. The largest absolute Gasteiger partial charge is 0.594 e. The highest BCUT2D eigenvalue weighted by Gasteiger charge is 2.38. The summed E-state index contributed by atoms with van der Waals surface area (Å²) in [5, 5.41) is 20.0. The molecule has 0 aliphatic rings. The number of aromatic nitrogens is 3. The van der Waals surface area contributed by atoms with Gasteiger partial charge in [0.25, 0.3) is 11.5 Å². The topological polar surface area (TPSA) is 93.9 Å². The molecule has 0 aliphatic carbocycles. The average molecular weight is 329 g/mol. The van der Waals surface area contributed by atoms with Gasteiger partial charge in [-0.05, 0) is 23.8 Å². The van der Waals surface area contributed by atoms with Gasteiger partial charge in [0.05, 0.1) is 5.10 Å². The molecule has 2 aromatic rings. The average Bonchev–Trinajstić information content (AvgIpc) is 2.49. The van der Waals surface area contributed by atoms with E-state index in [-0.39, 0.29) is 12.5 Å². The molecular formula is C13H14F3N5O2. The van der Waals surface area contributed by atoms with E-state index in [0.717, 1.165) is 0 Å². The molecule has 7 nitrogen and oxygen atoms in total. The van der Waals surface area contributed by atoms with Gasteiger partial charge in [-0.25, -0.2) is 4.98 Å². The zero-order valence-corrected chi connectivity index (χ0v) is 11.9. The molecule has 0 spiro atoms. The van der Waals surface area contributed by atoms with Crippen molar-refractivity contribution in [1.29, 1.82) is 0 Å². The lowest BCUT2D eigenvalue weighted by atomic mass is 10.3. The molecule has 0 radical (unpaired) electrons. The molecule has 0 unspecified atom stereocenters. The molecule has 0 bridgehead atoms. The van der Waals surface area contributed by atoms with Crippen molar-refractivity contribution >= 4 is 22.9 Å². The first-order chi connectivity index (χ1) is 10.9. The Morgan fingerprint density at radius 3 is 2.65 bits per heavy atom. The summed E-state index contributed by atoms with van der Waals surface area (Å²) in [6.45, 7) is 0.278. The maximum atomic E-state index is 11.9. The Kier molecular flexibility index (Phi) is 5.14. The lowest BCUT2D eigenvalue weighted by Gasteiger charge is -2.08. The molecular weight excluding hydrogens is 315 g/mol. The van der Waals surface area contributed by atoms with Crippen molar-refractivity contribution in [2.24, 2.45) is 0 Å². The highest BCUT2D eigenvalue weighted by Crippen LogP contribution is 2.14. The van der Waals surface area contributed by atoms with E-state index in [9.17, 15) is 23.2 Å². The molecule has 0 saturated carbocycles. The summed E-state index contributed by atoms with van der Waals surface area (Å²) in [5.74, 6) is -1.81. The Balaban J connectivity index is 1.76. The summed E-state index contributed by atoms with van der Waals surface area (Å²) in [6, 6.07) is 6.70. The number of alkyl halides is 3. The van der Waals surface area contributed by atoms with E-state index in [4.69, 9.17) is 0 Å². The smallest absolute Gasteiger partial charge is 0.471 e. The zero-order chi connectivity index (χ0) is 16.9. The Morgan fingerprint density at radius 1 is 1.22 bits per heavy atom. The minimum atomic E-state index is -4.86. The van der Waals surface area contributed by atoms with Crippen molar-refractivity contribution < 1.29 is 22.8 Å². The number of anilines is 1. The summed E-state index contributed by atoms with van der Waals surface area (Å²) >= 11 is 0. The second-order valence-corrected chi connectivity index (χ2v) is 4.68. The van der Waals surface area contributed by atoms with E-state index >= 15 is 0 Å². The number of hydrogen-bond donors (Lipinski definition) is 2. The standard InChI is InChI=1S/C13H14F3N5O2/c14-13(15,16)11(22)17-7-3-4-8-18-12-19-9-5-1-2-6-10(9)21(23)20-12/h1-2,5-6H,3-4,7-8H2,(H,17,22)(H,18,19,20). The number of nitrogens with one attached hydrogen (secondary N) is 2. The third-order valence-electron chi connectivity index (χ3n) is 2.93. The van der Waals surface area contributed by atoms with Crippen molar-refractivity contribution in [2.45, 2.75) is 19.0 Å². The highest BCUT2D eigenvalue weighted by molar-refractivity contribution is 5.81. The van der Waals surface area contributed by atoms with Crippen LogP contribution >= 0.6 is 0 Å². The number of hydrogen-bond acceptors (Lipinski definition) is 5. The van der Waals surface area contributed by atoms with E-state index in [0.29, 0.717) is 35.3 Å². The SMILES string of the molecule is O=C(NCCCCNc1nc2ccccc2[n+]([O-])n1)C(F)(F)F. The minimum absolute atomic E-state index is 0.0832. The summed E-state index contributed by atoms with van der Waals surface area (Å²) in [4.78, 5) is 15.2. The van der Waals surface area contributed by atoms with Crippen LogP contribution in [0.3, 0.4) is 0 Å². The fourth-order valence-electron chi connectivity index (χ4n) is 1.82. The van der Waals surface area contributed by atoms with Gasteiger partial charge in [-0.3, -0.25) is 4.79 Å². The maximum absolute atomic E-state index is 11.9.